The van der Waals surface area contributed by atoms with Crippen molar-refractivity contribution in [2.75, 3.05) is 40.6 Å². The van der Waals surface area contributed by atoms with Crippen molar-refractivity contribution in [1.82, 2.24) is 9.80 Å². The molecule has 0 unspecified atom stereocenters. The van der Waals surface area contributed by atoms with Crippen LogP contribution in [0.25, 0.3) is 0 Å². The Labute approximate surface area is 361 Å². The van der Waals surface area contributed by atoms with E-state index in [0.29, 0.717) is 26.1 Å². The fraction of sp³-hybridized carbons (Fsp3) is 0.581. The molecule has 2 amide bonds. The number of rotatable bonds is 18. The zero-order valence-corrected chi connectivity index (χ0v) is 40.3. The van der Waals surface area contributed by atoms with Crippen LogP contribution in [0.1, 0.15) is 95.4 Å². The van der Waals surface area contributed by atoms with Crippen molar-refractivity contribution < 1.29 is 47.2 Å². The van der Waals surface area contributed by atoms with E-state index in [-0.39, 0.29) is 75.9 Å². The van der Waals surface area contributed by atoms with Gasteiger partial charge in [0.2, 0.25) is 0 Å². The Morgan fingerprint density at radius 3 is 1.30 bits per heavy atom. The van der Waals surface area contributed by atoms with Crippen molar-refractivity contribution in [1.29, 1.82) is 0 Å². The van der Waals surface area contributed by atoms with Crippen LogP contribution < -0.4 is 18.9 Å². The molecule has 0 fully saturated rings. The number of benzene rings is 2. The van der Waals surface area contributed by atoms with E-state index in [4.69, 9.17) is 27.8 Å². The largest absolute Gasteiger partial charge is 0.493 e. The molecule has 2 heterocycles. The Bertz CT molecular complexity index is 1910. The number of ether oxygens (including phenoxy) is 4. The van der Waals surface area contributed by atoms with Gasteiger partial charge in [-0.05, 0) is 63.0 Å². The fourth-order valence-corrected chi connectivity index (χ4v) is 8.57. The minimum atomic E-state index is -2.13. The quantitative estimate of drug-likeness (QED) is 0.0599. The van der Waals surface area contributed by atoms with Crippen molar-refractivity contribution >= 4 is 39.8 Å². The van der Waals surface area contributed by atoms with Gasteiger partial charge in [-0.3, -0.25) is 29.8 Å². The Kier molecular flexibility index (Phi) is 15.3. The van der Waals surface area contributed by atoms with Crippen LogP contribution in [0.5, 0.6) is 23.0 Å². The molecular weight excluding hydrogens is 821 g/mol. The predicted octanol–water partition coefficient (Wildman–Crippen LogP) is 9.65. The zero-order chi connectivity index (χ0) is 45.8. The molecule has 0 saturated heterocycles. The highest BCUT2D eigenvalue weighted by atomic mass is 28.4. The minimum absolute atomic E-state index is 0.00168. The van der Waals surface area contributed by atoms with Gasteiger partial charge >= 0.3 is 0 Å². The lowest BCUT2D eigenvalue weighted by Gasteiger charge is -2.38. The molecule has 4 rings (SSSR count). The number of carbonyl (C=O) groups is 2. The molecule has 2 aromatic rings. The summed E-state index contributed by atoms with van der Waals surface area (Å²) in [7, 11) is -1.52. The van der Waals surface area contributed by atoms with Gasteiger partial charge in [-0.25, -0.2) is 0 Å². The molecule has 2 aliphatic rings. The van der Waals surface area contributed by atoms with Crippen LogP contribution in [0.3, 0.4) is 0 Å². The third-order valence-corrected chi connectivity index (χ3v) is 21.2. The number of nitrogens with zero attached hydrogens (tertiary/aromatic N) is 4. The standard InChI is InChI=1S/C43H64N4O12Si2/c1-28-18-30(26-58-60(11,12)42(3,4)5)44(24-28)40(48)32-20-36(54-9)38(22-34(32)46(50)51)56-16-15-17-57-39-23-35(47(52)53)33(21-37(39)55-10)41(49)45-25-29(2)19-31(45)27-59-61(13,14)43(6,7)8/h20-25,30-31H,15-19,26-27H2,1-14H3/t30-,31-/m0/s1. The highest BCUT2D eigenvalue weighted by Crippen LogP contribution is 2.41. The number of carbonyl (C=O) groups excluding carboxylic acids is 2. The molecule has 2 aliphatic heterocycles. The van der Waals surface area contributed by atoms with E-state index >= 15 is 0 Å². The van der Waals surface area contributed by atoms with Gasteiger partial charge in [-0.2, -0.15) is 0 Å². The van der Waals surface area contributed by atoms with Crippen LogP contribution in [0.15, 0.2) is 47.8 Å². The molecule has 0 aromatic heterocycles. The third-order valence-electron chi connectivity index (χ3n) is 12.2. The first-order valence-electron chi connectivity index (χ1n) is 20.5. The highest BCUT2D eigenvalue weighted by Gasteiger charge is 2.42. The summed E-state index contributed by atoms with van der Waals surface area (Å²) in [4.78, 5) is 54.4. The van der Waals surface area contributed by atoms with E-state index in [2.05, 4.69) is 67.7 Å². The first-order chi connectivity index (χ1) is 28.2. The van der Waals surface area contributed by atoms with Crippen LogP contribution >= 0.6 is 0 Å². The van der Waals surface area contributed by atoms with Crippen molar-refractivity contribution in [3.8, 4) is 23.0 Å². The van der Waals surface area contributed by atoms with Crippen molar-refractivity contribution in [3.05, 3.63) is 79.2 Å². The maximum absolute atomic E-state index is 14.0. The van der Waals surface area contributed by atoms with Gasteiger partial charge in [0.05, 0.1) is 74.7 Å². The van der Waals surface area contributed by atoms with Gasteiger partial charge in [0.25, 0.3) is 23.2 Å². The van der Waals surface area contributed by atoms with E-state index in [0.717, 1.165) is 11.1 Å². The van der Waals surface area contributed by atoms with Gasteiger partial charge in [0.15, 0.2) is 39.6 Å². The van der Waals surface area contributed by atoms with Gasteiger partial charge in [0, 0.05) is 31.0 Å². The zero-order valence-electron chi connectivity index (χ0n) is 38.3. The third kappa shape index (κ3) is 11.4. The van der Waals surface area contributed by atoms with Crippen molar-refractivity contribution in [3.63, 3.8) is 0 Å². The van der Waals surface area contributed by atoms with Crippen LogP contribution in [-0.2, 0) is 8.85 Å². The maximum Gasteiger partial charge on any atom is 0.286 e. The van der Waals surface area contributed by atoms with Crippen LogP contribution in [0.4, 0.5) is 11.4 Å². The maximum atomic E-state index is 14.0. The summed E-state index contributed by atoms with van der Waals surface area (Å²) in [6, 6.07) is 4.32. The molecule has 61 heavy (non-hydrogen) atoms. The Balaban J connectivity index is 1.46. The molecule has 2 aromatic carbocycles. The second kappa shape index (κ2) is 19.1. The summed E-state index contributed by atoms with van der Waals surface area (Å²) in [5.74, 6) is -0.761. The average Bonchev–Trinajstić information content (AvgIpc) is 3.74. The lowest BCUT2D eigenvalue weighted by molar-refractivity contribution is -0.385. The highest BCUT2D eigenvalue weighted by molar-refractivity contribution is 6.74. The molecule has 2 atom stereocenters. The normalized spacial score (nSPS) is 17.2. The summed E-state index contributed by atoms with van der Waals surface area (Å²) in [6.45, 7) is 25.8. The molecule has 0 spiro atoms. The Morgan fingerprint density at radius 1 is 0.656 bits per heavy atom. The Morgan fingerprint density at radius 2 is 1.00 bits per heavy atom. The van der Waals surface area contributed by atoms with E-state index in [9.17, 15) is 29.8 Å². The number of methoxy groups -OCH3 is 2. The molecule has 0 saturated carbocycles. The minimum Gasteiger partial charge on any atom is -0.493 e. The second-order valence-electron chi connectivity index (χ2n) is 18.8. The molecule has 18 heteroatoms. The van der Waals surface area contributed by atoms with Crippen LogP contribution in [-0.4, -0.2) is 101 Å². The predicted molar refractivity (Wildman–Crippen MR) is 238 cm³/mol. The number of hydrogen-bond acceptors (Lipinski definition) is 12. The first kappa shape index (κ1) is 48.9. The SMILES string of the molecule is COc1cc(C(=O)N2C=C(C)C[C@H]2CO[Si](C)(C)C(C)(C)C)c([N+](=O)[O-])cc1OCCCOc1cc([N+](=O)[O-])c(C(=O)N2C=C(C)C[C@H]2CO[Si](C)(C)C(C)(C)C)cc1OC. The summed E-state index contributed by atoms with van der Waals surface area (Å²) < 4.78 is 35.7. The summed E-state index contributed by atoms with van der Waals surface area (Å²) in [5.41, 5.74) is 0.720. The molecule has 0 aliphatic carbocycles. The average molecular weight is 885 g/mol. The smallest absolute Gasteiger partial charge is 0.286 e. The fourth-order valence-electron chi connectivity index (χ4n) is 6.49. The number of nitro groups is 2. The van der Waals surface area contributed by atoms with E-state index in [1.165, 1.54) is 48.3 Å². The van der Waals surface area contributed by atoms with Gasteiger partial charge in [0.1, 0.15) is 11.1 Å². The van der Waals surface area contributed by atoms with Gasteiger partial charge in [-0.15, -0.1) is 0 Å². The van der Waals surface area contributed by atoms with E-state index < -0.39 is 49.7 Å². The summed E-state index contributed by atoms with van der Waals surface area (Å²) >= 11 is 0. The summed E-state index contributed by atoms with van der Waals surface area (Å²) in [6.07, 6.45) is 4.83. The lowest BCUT2D eigenvalue weighted by atomic mass is 10.1. The van der Waals surface area contributed by atoms with Crippen LogP contribution in [0, 0.1) is 20.2 Å². The number of nitro benzene ring substituents is 2. The van der Waals surface area contributed by atoms with E-state index in [1.807, 2.05) is 13.8 Å². The number of hydrogen-bond donors (Lipinski definition) is 0. The van der Waals surface area contributed by atoms with Crippen molar-refractivity contribution in [2.24, 2.45) is 0 Å². The molecule has 336 valence electrons. The molecule has 0 radical (unpaired) electrons. The van der Waals surface area contributed by atoms with E-state index in [1.54, 1.807) is 12.4 Å². The van der Waals surface area contributed by atoms with Gasteiger partial charge in [-0.1, -0.05) is 52.7 Å². The second-order valence-corrected chi connectivity index (χ2v) is 28.5. The Hall–Kier alpha value is -4.79. The lowest BCUT2D eigenvalue weighted by Crippen LogP contribution is -2.45. The number of amides is 2. The van der Waals surface area contributed by atoms with Crippen molar-refractivity contribution in [2.45, 2.75) is 123 Å². The summed E-state index contributed by atoms with van der Waals surface area (Å²) in [5, 5.41) is 24.6. The van der Waals surface area contributed by atoms with Gasteiger partial charge < -0.3 is 37.6 Å². The van der Waals surface area contributed by atoms with Crippen LogP contribution in [0.2, 0.25) is 36.3 Å². The first-order valence-corrected chi connectivity index (χ1v) is 26.3. The monoisotopic (exact) mass is 884 g/mol. The molecule has 0 N–H and O–H groups in total. The topological polar surface area (TPSA) is 182 Å². The molecular formula is C43H64N4O12Si2. The molecule has 16 nitrogen and oxygen atoms in total. The molecule has 0 bridgehead atoms.